The van der Waals surface area contributed by atoms with Gasteiger partial charge in [0.25, 0.3) is 11.1 Å². The van der Waals surface area contributed by atoms with Crippen LogP contribution in [0, 0.1) is 0 Å². The van der Waals surface area contributed by atoms with Crippen molar-refractivity contribution in [3.63, 3.8) is 0 Å². The number of fused-ring (bicyclic) bond motifs is 1. The SMILES string of the molecule is O=C1NC(=O)C(=C(Cc2ccccn2)c2c[nH]c3ccccc23)S1. The first-order valence-corrected chi connectivity index (χ1v) is 8.27. The molecule has 1 fully saturated rings. The van der Waals surface area contributed by atoms with Crippen LogP contribution in [0.3, 0.4) is 0 Å². The number of rotatable bonds is 3. The lowest BCUT2D eigenvalue weighted by atomic mass is 9.99. The minimum Gasteiger partial charge on any atom is -0.361 e. The van der Waals surface area contributed by atoms with E-state index in [1.54, 1.807) is 6.20 Å². The quantitative estimate of drug-likeness (QED) is 0.718. The van der Waals surface area contributed by atoms with Crippen molar-refractivity contribution in [2.24, 2.45) is 0 Å². The highest BCUT2D eigenvalue weighted by Gasteiger charge is 2.30. The second kappa shape index (κ2) is 5.98. The number of hydrogen-bond donors (Lipinski definition) is 2. The summed E-state index contributed by atoms with van der Waals surface area (Å²) in [6, 6.07) is 13.6. The Bertz CT molecular complexity index is 976. The van der Waals surface area contributed by atoms with Crippen LogP contribution in [0.25, 0.3) is 16.5 Å². The number of allylic oxidation sites excluding steroid dienone is 1. The summed E-state index contributed by atoms with van der Waals surface area (Å²) in [7, 11) is 0. The molecule has 118 valence electrons. The first kappa shape index (κ1) is 14.7. The van der Waals surface area contributed by atoms with Crippen LogP contribution in [0.5, 0.6) is 0 Å². The maximum absolute atomic E-state index is 12.2. The number of carbonyl (C=O) groups excluding carboxylic acids is 2. The van der Waals surface area contributed by atoms with Crippen LogP contribution in [-0.4, -0.2) is 21.1 Å². The Balaban J connectivity index is 1.89. The van der Waals surface area contributed by atoms with Gasteiger partial charge in [-0.2, -0.15) is 0 Å². The number of imide groups is 1. The van der Waals surface area contributed by atoms with Crippen molar-refractivity contribution < 1.29 is 9.59 Å². The van der Waals surface area contributed by atoms with Crippen molar-refractivity contribution in [2.75, 3.05) is 0 Å². The lowest BCUT2D eigenvalue weighted by molar-refractivity contribution is -0.115. The molecule has 5 nitrogen and oxygen atoms in total. The van der Waals surface area contributed by atoms with Crippen molar-refractivity contribution in [3.05, 3.63) is 71.0 Å². The Kier molecular flexibility index (Phi) is 3.66. The lowest BCUT2D eigenvalue weighted by Gasteiger charge is -2.09. The van der Waals surface area contributed by atoms with Crippen LogP contribution in [0.15, 0.2) is 59.8 Å². The fraction of sp³-hybridized carbons (Fsp3) is 0.0556. The summed E-state index contributed by atoms with van der Waals surface area (Å²) >= 11 is 0.946. The zero-order chi connectivity index (χ0) is 16.5. The Morgan fingerprint density at radius 3 is 2.67 bits per heavy atom. The largest absolute Gasteiger partial charge is 0.361 e. The molecular weight excluding hydrogens is 322 g/mol. The van der Waals surface area contributed by atoms with Crippen molar-refractivity contribution >= 4 is 39.4 Å². The number of aromatic nitrogens is 2. The molecule has 0 atom stereocenters. The van der Waals surface area contributed by atoms with E-state index in [2.05, 4.69) is 15.3 Å². The summed E-state index contributed by atoms with van der Waals surface area (Å²) in [4.78, 5) is 31.9. The highest BCUT2D eigenvalue weighted by atomic mass is 32.2. The van der Waals surface area contributed by atoms with Crippen LogP contribution in [0.1, 0.15) is 11.3 Å². The predicted octanol–water partition coefficient (Wildman–Crippen LogP) is 3.50. The number of amides is 2. The van der Waals surface area contributed by atoms with E-state index < -0.39 is 0 Å². The molecule has 6 heteroatoms. The Hall–Kier alpha value is -2.86. The third-order valence-electron chi connectivity index (χ3n) is 3.89. The second-order valence-electron chi connectivity index (χ2n) is 5.40. The summed E-state index contributed by atoms with van der Waals surface area (Å²) in [5.41, 5.74) is 3.56. The van der Waals surface area contributed by atoms with Gasteiger partial charge in [0.15, 0.2) is 0 Å². The number of aromatic amines is 1. The highest BCUT2D eigenvalue weighted by molar-refractivity contribution is 8.18. The molecule has 0 saturated carbocycles. The molecule has 1 saturated heterocycles. The number of carbonyl (C=O) groups is 2. The maximum Gasteiger partial charge on any atom is 0.290 e. The molecule has 2 aromatic heterocycles. The fourth-order valence-corrected chi connectivity index (χ4v) is 3.59. The molecule has 0 unspecified atom stereocenters. The topological polar surface area (TPSA) is 74.8 Å². The molecular formula is C18H13N3O2S. The maximum atomic E-state index is 12.2. The molecule has 0 bridgehead atoms. The summed E-state index contributed by atoms with van der Waals surface area (Å²) in [6.45, 7) is 0. The Labute approximate surface area is 142 Å². The van der Waals surface area contributed by atoms with E-state index in [0.29, 0.717) is 11.3 Å². The average molecular weight is 335 g/mol. The standard InChI is InChI=1S/C18H13N3O2S/c22-17-16(24-18(23)21-17)13(9-11-5-3-4-8-19-11)14-10-20-15-7-2-1-6-12(14)15/h1-8,10,20H,9H2,(H,21,22,23). The van der Waals surface area contributed by atoms with Gasteiger partial charge in [0.1, 0.15) is 0 Å². The smallest absolute Gasteiger partial charge is 0.290 e. The number of thioether (sulfide) groups is 1. The molecule has 0 radical (unpaired) electrons. The molecule has 2 N–H and O–H groups in total. The summed E-state index contributed by atoms with van der Waals surface area (Å²) in [6.07, 6.45) is 4.08. The van der Waals surface area contributed by atoms with E-state index in [4.69, 9.17) is 0 Å². The molecule has 3 aromatic rings. The molecule has 4 rings (SSSR count). The Morgan fingerprint density at radius 1 is 1.08 bits per heavy atom. The number of pyridine rings is 1. The number of para-hydroxylation sites is 1. The predicted molar refractivity (Wildman–Crippen MR) is 94.3 cm³/mol. The van der Waals surface area contributed by atoms with Crippen LogP contribution in [-0.2, 0) is 11.2 Å². The minimum atomic E-state index is -0.346. The van der Waals surface area contributed by atoms with E-state index in [1.807, 2.05) is 48.7 Å². The average Bonchev–Trinajstić information content (AvgIpc) is 3.17. The van der Waals surface area contributed by atoms with Gasteiger partial charge in [0.2, 0.25) is 0 Å². The monoisotopic (exact) mass is 335 g/mol. The molecule has 1 aliphatic rings. The van der Waals surface area contributed by atoms with Gasteiger partial charge >= 0.3 is 0 Å². The second-order valence-corrected chi connectivity index (χ2v) is 6.38. The lowest BCUT2D eigenvalue weighted by Crippen LogP contribution is -2.18. The normalized spacial score (nSPS) is 16.5. The van der Waals surface area contributed by atoms with Crippen molar-refractivity contribution in [1.82, 2.24) is 15.3 Å². The molecule has 24 heavy (non-hydrogen) atoms. The zero-order valence-electron chi connectivity index (χ0n) is 12.6. The van der Waals surface area contributed by atoms with Crippen LogP contribution < -0.4 is 5.32 Å². The number of benzene rings is 1. The number of H-pyrrole nitrogens is 1. The van der Waals surface area contributed by atoms with Crippen LogP contribution in [0.4, 0.5) is 4.79 Å². The first-order chi connectivity index (χ1) is 11.7. The van der Waals surface area contributed by atoms with Gasteiger partial charge in [-0.3, -0.25) is 19.9 Å². The first-order valence-electron chi connectivity index (χ1n) is 7.45. The third-order valence-corrected chi connectivity index (χ3v) is 4.81. The van der Waals surface area contributed by atoms with Gasteiger partial charge in [0, 0.05) is 41.0 Å². The molecule has 2 amide bonds. The van der Waals surface area contributed by atoms with E-state index >= 15 is 0 Å². The van der Waals surface area contributed by atoms with Gasteiger partial charge < -0.3 is 4.98 Å². The van der Waals surface area contributed by atoms with Gasteiger partial charge in [-0.15, -0.1) is 0 Å². The highest BCUT2D eigenvalue weighted by Crippen LogP contribution is 2.36. The van der Waals surface area contributed by atoms with E-state index in [0.717, 1.165) is 39.5 Å². The van der Waals surface area contributed by atoms with Crippen LogP contribution >= 0.6 is 11.8 Å². The van der Waals surface area contributed by atoms with Gasteiger partial charge in [-0.1, -0.05) is 24.3 Å². The van der Waals surface area contributed by atoms with Gasteiger partial charge in [-0.25, -0.2) is 0 Å². The van der Waals surface area contributed by atoms with Crippen molar-refractivity contribution in [1.29, 1.82) is 0 Å². The van der Waals surface area contributed by atoms with E-state index in [9.17, 15) is 9.59 Å². The number of hydrogen-bond acceptors (Lipinski definition) is 4. The Morgan fingerprint density at radius 2 is 1.92 bits per heavy atom. The van der Waals surface area contributed by atoms with E-state index in [-0.39, 0.29) is 11.1 Å². The molecule has 1 aliphatic heterocycles. The summed E-state index contributed by atoms with van der Waals surface area (Å²) < 4.78 is 0. The molecule has 1 aromatic carbocycles. The zero-order valence-corrected chi connectivity index (χ0v) is 13.4. The molecule has 0 spiro atoms. The molecule has 0 aliphatic carbocycles. The minimum absolute atomic E-state index is 0.339. The molecule has 3 heterocycles. The fourth-order valence-electron chi connectivity index (χ4n) is 2.82. The van der Waals surface area contributed by atoms with E-state index in [1.165, 1.54) is 0 Å². The summed E-state index contributed by atoms with van der Waals surface area (Å²) in [5.74, 6) is -0.346. The van der Waals surface area contributed by atoms with Crippen LogP contribution in [0.2, 0.25) is 0 Å². The number of nitrogens with zero attached hydrogens (tertiary/aromatic N) is 1. The van der Waals surface area contributed by atoms with Gasteiger partial charge in [0.05, 0.1) is 4.91 Å². The van der Waals surface area contributed by atoms with Crippen molar-refractivity contribution in [2.45, 2.75) is 6.42 Å². The van der Waals surface area contributed by atoms with Gasteiger partial charge in [-0.05, 0) is 35.5 Å². The van der Waals surface area contributed by atoms with Crippen molar-refractivity contribution in [3.8, 4) is 0 Å². The number of nitrogens with one attached hydrogen (secondary N) is 2. The third kappa shape index (κ3) is 2.61. The summed E-state index contributed by atoms with van der Waals surface area (Å²) in [5, 5.41) is 3.02.